The first-order valence-electron chi connectivity index (χ1n) is 5.75. The van der Waals surface area contributed by atoms with E-state index in [4.69, 9.17) is 11.0 Å². The molecule has 1 fully saturated rings. The molecule has 1 atom stereocenters. The van der Waals surface area contributed by atoms with Crippen molar-refractivity contribution >= 4 is 0 Å². The van der Waals surface area contributed by atoms with Crippen LogP contribution in [0.2, 0.25) is 0 Å². The molecule has 0 aromatic carbocycles. The van der Waals surface area contributed by atoms with Gasteiger partial charge in [0.2, 0.25) is 0 Å². The maximum absolute atomic E-state index is 8.65. The largest absolute Gasteiger partial charge is 0.315 e. The molecule has 1 aliphatic rings. The number of likely N-dealkylation sites (tertiary alicyclic amines) is 1. The molecule has 1 unspecified atom stereocenters. The quantitative estimate of drug-likeness (QED) is 0.723. The predicted octanol–water partition coefficient (Wildman–Crippen LogP) is 0.253. The molecule has 0 amide bonds. The highest BCUT2D eigenvalue weighted by molar-refractivity contribution is 4.90. The fourth-order valence-corrected chi connectivity index (χ4v) is 2.18. The minimum absolute atomic E-state index is 0.348. The summed E-state index contributed by atoms with van der Waals surface area (Å²) in [5.41, 5.74) is 5.62. The van der Waals surface area contributed by atoms with Crippen LogP contribution in [-0.4, -0.2) is 55.1 Å². The average molecular weight is 210 g/mol. The Labute approximate surface area is 92.6 Å². The molecule has 0 aromatic heterocycles. The lowest BCUT2D eigenvalue weighted by atomic mass is 10.0. The third-order valence-electron chi connectivity index (χ3n) is 3.28. The van der Waals surface area contributed by atoms with Crippen LogP contribution >= 0.6 is 0 Å². The van der Waals surface area contributed by atoms with Crippen LogP contribution in [0.1, 0.15) is 19.8 Å². The number of rotatable bonds is 4. The fourth-order valence-electron chi connectivity index (χ4n) is 2.18. The second-order valence-corrected chi connectivity index (χ2v) is 4.34. The van der Waals surface area contributed by atoms with Crippen molar-refractivity contribution in [2.45, 2.75) is 31.8 Å². The van der Waals surface area contributed by atoms with Gasteiger partial charge in [-0.15, -0.1) is 0 Å². The van der Waals surface area contributed by atoms with Gasteiger partial charge in [-0.1, -0.05) is 6.92 Å². The highest BCUT2D eigenvalue weighted by Gasteiger charge is 2.22. The molecule has 0 aromatic rings. The van der Waals surface area contributed by atoms with E-state index in [1.807, 2.05) is 0 Å². The number of hydrogen-bond acceptors (Lipinski definition) is 4. The number of hydrogen-bond donors (Lipinski definition) is 1. The molecular weight excluding hydrogens is 188 g/mol. The van der Waals surface area contributed by atoms with Crippen molar-refractivity contribution in [3.8, 4) is 6.07 Å². The van der Waals surface area contributed by atoms with Crippen LogP contribution < -0.4 is 5.73 Å². The zero-order chi connectivity index (χ0) is 11.3. The van der Waals surface area contributed by atoms with Gasteiger partial charge in [0.25, 0.3) is 0 Å². The van der Waals surface area contributed by atoms with Crippen molar-refractivity contribution in [2.75, 3.05) is 33.2 Å². The third-order valence-corrected chi connectivity index (χ3v) is 3.28. The van der Waals surface area contributed by atoms with Gasteiger partial charge in [0.1, 0.15) is 6.04 Å². The standard InChI is InChI=1S/C11H22N4/c1-3-15-6-4-11(5-7-15)14(2)9-10(13)8-12/h10-11H,3-7,9,13H2,1-2H3. The summed E-state index contributed by atoms with van der Waals surface area (Å²) < 4.78 is 0. The zero-order valence-corrected chi connectivity index (χ0v) is 9.82. The highest BCUT2D eigenvalue weighted by Crippen LogP contribution is 2.14. The Hall–Kier alpha value is -0.630. The highest BCUT2D eigenvalue weighted by atomic mass is 15.2. The summed E-state index contributed by atoms with van der Waals surface area (Å²) in [7, 11) is 2.07. The molecular formula is C11H22N4. The number of likely N-dealkylation sites (N-methyl/N-ethyl adjacent to an activating group) is 1. The topological polar surface area (TPSA) is 56.3 Å². The maximum Gasteiger partial charge on any atom is 0.106 e. The first-order chi connectivity index (χ1) is 7.17. The predicted molar refractivity (Wildman–Crippen MR) is 61.4 cm³/mol. The molecule has 4 heteroatoms. The van der Waals surface area contributed by atoms with Gasteiger partial charge in [-0.2, -0.15) is 5.26 Å². The van der Waals surface area contributed by atoms with Crippen molar-refractivity contribution in [1.29, 1.82) is 5.26 Å². The fraction of sp³-hybridized carbons (Fsp3) is 0.909. The molecule has 0 spiro atoms. The second-order valence-electron chi connectivity index (χ2n) is 4.34. The van der Waals surface area contributed by atoms with Gasteiger partial charge in [0.15, 0.2) is 0 Å². The van der Waals surface area contributed by atoms with E-state index >= 15 is 0 Å². The molecule has 15 heavy (non-hydrogen) atoms. The van der Waals surface area contributed by atoms with Gasteiger partial charge in [0, 0.05) is 12.6 Å². The number of piperidine rings is 1. The van der Waals surface area contributed by atoms with E-state index in [0.29, 0.717) is 12.6 Å². The summed E-state index contributed by atoms with van der Waals surface area (Å²) in [6, 6.07) is 2.34. The smallest absolute Gasteiger partial charge is 0.106 e. The second kappa shape index (κ2) is 6.06. The van der Waals surface area contributed by atoms with Gasteiger partial charge in [-0.3, -0.25) is 0 Å². The third kappa shape index (κ3) is 3.78. The van der Waals surface area contributed by atoms with E-state index in [-0.39, 0.29) is 6.04 Å². The molecule has 4 nitrogen and oxygen atoms in total. The van der Waals surface area contributed by atoms with E-state index < -0.39 is 0 Å². The molecule has 86 valence electrons. The van der Waals surface area contributed by atoms with Gasteiger partial charge in [0.05, 0.1) is 6.07 Å². The molecule has 0 aliphatic carbocycles. The van der Waals surface area contributed by atoms with Gasteiger partial charge >= 0.3 is 0 Å². The SMILES string of the molecule is CCN1CCC(N(C)CC(N)C#N)CC1. The van der Waals surface area contributed by atoms with Gasteiger partial charge < -0.3 is 15.5 Å². The molecule has 0 bridgehead atoms. The van der Waals surface area contributed by atoms with Crippen molar-refractivity contribution in [3.63, 3.8) is 0 Å². The van der Waals surface area contributed by atoms with E-state index in [1.54, 1.807) is 0 Å². The van der Waals surface area contributed by atoms with Crippen LogP contribution in [0.3, 0.4) is 0 Å². The molecule has 1 saturated heterocycles. The van der Waals surface area contributed by atoms with Crippen molar-refractivity contribution < 1.29 is 0 Å². The molecule has 1 heterocycles. The number of nitrogens with two attached hydrogens (primary N) is 1. The molecule has 0 radical (unpaired) electrons. The zero-order valence-electron chi connectivity index (χ0n) is 9.82. The van der Waals surface area contributed by atoms with Crippen LogP contribution in [0.4, 0.5) is 0 Å². The van der Waals surface area contributed by atoms with E-state index in [1.165, 1.54) is 25.9 Å². The Morgan fingerprint density at radius 3 is 2.60 bits per heavy atom. The lowest BCUT2D eigenvalue weighted by Crippen LogP contribution is -2.46. The number of nitrogens with zero attached hydrogens (tertiary/aromatic N) is 3. The average Bonchev–Trinajstić information content (AvgIpc) is 2.29. The minimum Gasteiger partial charge on any atom is -0.315 e. The van der Waals surface area contributed by atoms with Crippen molar-refractivity contribution in [2.24, 2.45) is 5.73 Å². The molecule has 0 saturated carbocycles. The van der Waals surface area contributed by atoms with Crippen LogP contribution in [-0.2, 0) is 0 Å². The van der Waals surface area contributed by atoms with Crippen LogP contribution in [0, 0.1) is 11.3 Å². The van der Waals surface area contributed by atoms with Crippen LogP contribution in [0.25, 0.3) is 0 Å². The monoisotopic (exact) mass is 210 g/mol. The Kier molecular flexibility index (Phi) is 5.03. The molecule has 1 aliphatic heterocycles. The Morgan fingerprint density at radius 1 is 1.53 bits per heavy atom. The van der Waals surface area contributed by atoms with Crippen molar-refractivity contribution in [1.82, 2.24) is 9.80 Å². The first kappa shape index (κ1) is 12.4. The first-order valence-corrected chi connectivity index (χ1v) is 5.75. The van der Waals surface area contributed by atoms with E-state index in [9.17, 15) is 0 Å². The normalized spacial score (nSPS) is 21.5. The van der Waals surface area contributed by atoms with Crippen molar-refractivity contribution in [3.05, 3.63) is 0 Å². The Balaban J connectivity index is 2.30. The summed E-state index contributed by atoms with van der Waals surface area (Å²) in [6.45, 7) is 6.39. The summed E-state index contributed by atoms with van der Waals surface area (Å²) >= 11 is 0. The summed E-state index contributed by atoms with van der Waals surface area (Å²) in [5, 5.41) is 8.65. The minimum atomic E-state index is -0.348. The van der Waals surface area contributed by atoms with Crippen LogP contribution in [0.5, 0.6) is 0 Å². The maximum atomic E-state index is 8.65. The van der Waals surface area contributed by atoms with E-state index in [0.717, 1.165) is 6.54 Å². The Bertz CT molecular complexity index is 215. The van der Waals surface area contributed by atoms with Crippen LogP contribution in [0.15, 0.2) is 0 Å². The summed E-state index contributed by atoms with van der Waals surface area (Å²) in [4.78, 5) is 4.70. The number of nitriles is 1. The molecule has 2 N–H and O–H groups in total. The summed E-state index contributed by atoms with van der Waals surface area (Å²) in [5.74, 6) is 0. The summed E-state index contributed by atoms with van der Waals surface area (Å²) in [6.07, 6.45) is 2.39. The van der Waals surface area contributed by atoms with Gasteiger partial charge in [-0.05, 0) is 39.5 Å². The lowest BCUT2D eigenvalue weighted by Gasteiger charge is -2.36. The van der Waals surface area contributed by atoms with E-state index in [2.05, 4.69) is 29.8 Å². The Morgan fingerprint density at radius 2 is 2.13 bits per heavy atom. The van der Waals surface area contributed by atoms with Gasteiger partial charge in [-0.25, -0.2) is 0 Å². The lowest BCUT2D eigenvalue weighted by molar-refractivity contribution is 0.130. The molecule has 1 rings (SSSR count).